The molecule has 4 nitrogen and oxygen atoms in total. The molecule has 0 amide bonds. The van der Waals surface area contributed by atoms with Crippen LogP contribution in [0.1, 0.15) is 18.4 Å². The van der Waals surface area contributed by atoms with Crippen molar-refractivity contribution in [3.05, 3.63) is 26.6 Å². The molecular weight excluding hydrogens is 396 g/mol. The van der Waals surface area contributed by atoms with E-state index in [0.29, 0.717) is 5.69 Å². The smallest absolute Gasteiger partial charge is 0.234 e. The van der Waals surface area contributed by atoms with Crippen molar-refractivity contribution in [1.82, 2.24) is 5.32 Å². The molecule has 0 radical (unpaired) electrons. The fourth-order valence-electron chi connectivity index (χ4n) is 2.16. The molecule has 0 bridgehead atoms. The molecule has 1 aromatic carbocycles. The fraction of sp³-hybridized carbons (Fsp3) is 0.500. The highest BCUT2D eigenvalue weighted by Crippen LogP contribution is 2.33. The van der Waals surface area contributed by atoms with E-state index in [9.17, 15) is 8.42 Å². The van der Waals surface area contributed by atoms with Gasteiger partial charge in [0.1, 0.15) is 0 Å². The normalized spacial score (nSPS) is 19.6. The second-order valence-electron chi connectivity index (χ2n) is 4.78. The molecule has 19 heavy (non-hydrogen) atoms. The minimum absolute atomic E-state index is 0.0560. The van der Waals surface area contributed by atoms with Gasteiger partial charge in [-0.15, -0.1) is 0 Å². The molecule has 1 heterocycles. The number of aryl methyl sites for hydroxylation is 1. The third-order valence-corrected chi connectivity index (χ3v) is 5.63. The predicted molar refractivity (Wildman–Crippen MR) is 85.0 cm³/mol. The second kappa shape index (κ2) is 6.11. The highest BCUT2D eigenvalue weighted by molar-refractivity contribution is 9.11. The van der Waals surface area contributed by atoms with Gasteiger partial charge in [0.25, 0.3) is 0 Å². The minimum Gasteiger partial charge on any atom is -0.313 e. The van der Waals surface area contributed by atoms with Crippen LogP contribution in [0, 0.1) is 6.92 Å². The highest BCUT2D eigenvalue weighted by atomic mass is 79.9. The zero-order valence-electron chi connectivity index (χ0n) is 10.5. The van der Waals surface area contributed by atoms with Gasteiger partial charge in [-0.25, -0.2) is 8.42 Å². The van der Waals surface area contributed by atoms with Gasteiger partial charge in [-0.2, -0.15) is 0 Å². The van der Waals surface area contributed by atoms with Crippen molar-refractivity contribution < 1.29 is 8.42 Å². The maximum absolute atomic E-state index is 12.2. The van der Waals surface area contributed by atoms with E-state index in [2.05, 4.69) is 41.9 Å². The average Bonchev–Trinajstić information content (AvgIpc) is 2.75. The molecule has 0 spiro atoms. The van der Waals surface area contributed by atoms with Crippen LogP contribution in [0.4, 0.5) is 5.69 Å². The number of sulfonamides is 1. The van der Waals surface area contributed by atoms with E-state index < -0.39 is 10.0 Å². The Morgan fingerprint density at radius 2 is 2.00 bits per heavy atom. The molecule has 2 N–H and O–H groups in total. The van der Waals surface area contributed by atoms with E-state index in [4.69, 9.17) is 0 Å². The van der Waals surface area contributed by atoms with Gasteiger partial charge in [-0.1, -0.05) is 0 Å². The first-order chi connectivity index (χ1) is 8.87. The van der Waals surface area contributed by atoms with Gasteiger partial charge in [0, 0.05) is 15.0 Å². The Morgan fingerprint density at radius 1 is 1.37 bits per heavy atom. The van der Waals surface area contributed by atoms with E-state index in [1.165, 1.54) is 0 Å². The first-order valence-electron chi connectivity index (χ1n) is 6.07. The maximum atomic E-state index is 12.2. The molecule has 7 heteroatoms. The van der Waals surface area contributed by atoms with Crippen molar-refractivity contribution in [3.63, 3.8) is 0 Å². The van der Waals surface area contributed by atoms with Crippen LogP contribution in [0.3, 0.4) is 0 Å². The van der Waals surface area contributed by atoms with Gasteiger partial charge >= 0.3 is 0 Å². The van der Waals surface area contributed by atoms with Crippen LogP contribution < -0.4 is 10.0 Å². The summed E-state index contributed by atoms with van der Waals surface area (Å²) in [5, 5.41) is 3.19. The summed E-state index contributed by atoms with van der Waals surface area (Å²) in [6, 6.07) is 3.83. The number of hydrogen-bond acceptors (Lipinski definition) is 3. The lowest BCUT2D eigenvalue weighted by molar-refractivity contribution is 0.581. The van der Waals surface area contributed by atoms with Crippen LogP contribution in [0.15, 0.2) is 21.1 Å². The number of hydrogen-bond donors (Lipinski definition) is 2. The summed E-state index contributed by atoms with van der Waals surface area (Å²) in [4.78, 5) is 0. The van der Waals surface area contributed by atoms with Gasteiger partial charge in [0.15, 0.2) is 0 Å². The molecule has 0 saturated carbocycles. The molecule has 106 valence electrons. The predicted octanol–water partition coefficient (Wildman–Crippen LogP) is 3.01. The summed E-state index contributed by atoms with van der Waals surface area (Å²) in [6.07, 6.45) is 1.95. The third-order valence-electron chi connectivity index (χ3n) is 3.03. The van der Waals surface area contributed by atoms with Gasteiger partial charge in [-0.3, -0.25) is 4.72 Å². The SMILES string of the molecule is Cc1cc(Br)c(NS(=O)(=O)CC2CCCN2)c(Br)c1. The van der Waals surface area contributed by atoms with Crippen molar-refractivity contribution in [1.29, 1.82) is 0 Å². The van der Waals surface area contributed by atoms with Gasteiger partial charge in [-0.05, 0) is 75.9 Å². The lowest BCUT2D eigenvalue weighted by Gasteiger charge is -2.15. The Hall–Kier alpha value is -0.110. The molecule has 1 saturated heterocycles. The molecule has 1 aliphatic heterocycles. The Kier molecular flexibility index (Phi) is 4.92. The minimum atomic E-state index is -3.35. The average molecular weight is 412 g/mol. The second-order valence-corrected chi connectivity index (χ2v) is 8.26. The lowest BCUT2D eigenvalue weighted by Crippen LogP contribution is -2.33. The van der Waals surface area contributed by atoms with Crippen LogP contribution in [0.2, 0.25) is 0 Å². The topological polar surface area (TPSA) is 58.2 Å². The Balaban J connectivity index is 2.15. The summed E-state index contributed by atoms with van der Waals surface area (Å²) >= 11 is 6.78. The summed E-state index contributed by atoms with van der Waals surface area (Å²) < 4.78 is 28.4. The molecule has 1 fully saturated rings. The van der Waals surface area contributed by atoms with Gasteiger partial charge < -0.3 is 5.32 Å². The van der Waals surface area contributed by atoms with Crippen molar-refractivity contribution >= 4 is 47.6 Å². The summed E-state index contributed by atoms with van der Waals surface area (Å²) in [5.41, 5.74) is 1.61. The zero-order chi connectivity index (χ0) is 14.0. The largest absolute Gasteiger partial charge is 0.313 e. The van der Waals surface area contributed by atoms with E-state index in [1.54, 1.807) is 0 Å². The third kappa shape index (κ3) is 4.18. The first kappa shape index (κ1) is 15.3. The van der Waals surface area contributed by atoms with Crippen molar-refractivity contribution in [2.75, 3.05) is 17.0 Å². The monoisotopic (exact) mass is 410 g/mol. The van der Waals surface area contributed by atoms with Crippen LogP contribution >= 0.6 is 31.9 Å². The molecule has 1 unspecified atom stereocenters. The van der Waals surface area contributed by atoms with Crippen LogP contribution in [-0.4, -0.2) is 26.8 Å². The van der Waals surface area contributed by atoms with Gasteiger partial charge in [0.2, 0.25) is 10.0 Å². The number of halogens is 2. The number of benzene rings is 1. The van der Waals surface area contributed by atoms with E-state index in [-0.39, 0.29) is 11.8 Å². The lowest BCUT2D eigenvalue weighted by atomic mass is 10.2. The van der Waals surface area contributed by atoms with E-state index in [1.807, 2.05) is 19.1 Å². The molecule has 1 atom stereocenters. The van der Waals surface area contributed by atoms with E-state index >= 15 is 0 Å². The van der Waals surface area contributed by atoms with Crippen LogP contribution in [0.25, 0.3) is 0 Å². The first-order valence-corrected chi connectivity index (χ1v) is 9.31. The Labute approximate surface area is 130 Å². The quantitative estimate of drug-likeness (QED) is 0.800. The standard InChI is InChI=1S/C12H16Br2N2O2S/c1-8-5-10(13)12(11(14)6-8)16-19(17,18)7-9-3-2-4-15-9/h5-6,9,15-16H,2-4,7H2,1H3. The van der Waals surface area contributed by atoms with Crippen molar-refractivity contribution in [2.24, 2.45) is 0 Å². The maximum Gasteiger partial charge on any atom is 0.234 e. The van der Waals surface area contributed by atoms with Crippen molar-refractivity contribution in [2.45, 2.75) is 25.8 Å². The molecular formula is C12H16Br2N2O2S. The molecule has 0 aliphatic carbocycles. The van der Waals surface area contributed by atoms with Gasteiger partial charge in [0.05, 0.1) is 11.4 Å². The number of rotatable bonds is 4. The van der Waals surface area contributed by atoms with Crippen LogP contribution in [0.5, 0.6) is 0 Å². The van der Waals surface area contributed by atoms with Crippen molar-refractivity contribution in [3.8, 4) is 0 Å². The number of anilines is 1. The van der Waals surface area contributed by atoms with Crippen LogP contribution in [-0.2, 0) is 10.0 Å². The zero-order valence-corrected chi connectivity index (χ0v) is 14.5. The molecule has 1 aromatic rings. The number of nitrogens with one attached hydrogen (secondary N) is 2. The molecule has 0 aromatic heterocycles. The fourth-order valence-corrected chi connectivity index (χ4v) is 5.46. The molecule has 1 aliphatic rings. The summed E-state index contributed by atoms with van der Waals surface area (Å²) in [5.74, 6) is 0.111. The summed E-state index contributed by atoms with van der Waals surface area (Å²) in [7, 11) is -3.35. The Bertz CT molecular complexity index is 546. The highest BCUT2D eigenvalue weighted by Gasteiger charge is 2.23. The van der Waals surface area contributed by atoms with E-state index in [0.717, 1.165) is 33.9 Å². The molecule has 2 rings (SSSR count). The summed E-state index contributed by atoms with van der Waals surface area (Å²) in [6.45, 7) is 2.86. The Morgan fingerprint density at radius 3 is 2.53 bits per heavy atom.